The first kappa shape index (κ1) is 5.24. The van der Waals surface area contributed by atoms with E-state index in [-0.39, 0.29) is 0 Å². The highest BCUT2D eigenvalue weighted by molar-refractivity contribution is 5.83. The molecule has 2 heteroatoms. The molecule has 0 amide bonds. The molecule has 0 unspecified atom stereocenters. The Balaban J connectivity index is 2.56. The molecular formula is C9H6N2. The Labute approximate surface area is 63.9 Å². The predicted molar refractivity (Wildman–Crippen MR) is 42.3 cm³/mol. The molecule has 52 valence electrons. The van der Waals surface area contributed by atoms with Gasteiger partial charge in [0.1, 0.15) is 0 Å². The summed E-state index contributed by atoms with van der Waals surface area (Å²) in [6.07, 6.45) is 4.86. The Morgan fingerprint density at radius 1 is 1.27 bits per heavy atom. The normalized spacial score (nSPS) is 13.1. The molecule has 0 radical (unpaired) electrons. The SMILES string of the molecule is c1cnc2c3c(cnc2c1)C3. The van der Waals surface area contributed by atoms with Crippen LogP contribution >= 0.6 is 0 Å². The second-order valence-electron chi connectivity index (χ2n) is 2.81. The number of aromatic nitrogens is 2. The molecular weight excluding hydrogens is 136 g/mol. The zero-order valence-electron chi connectivity index (χ0n) is 5.91. The van der Waals surface area contributed by atoms with Crippen LogP contribution in [0.3, 0.4) is 0 Å². The van der Waals surface area contributed by atoms with E-state index < -0.39 is 0 Å². The summed E-state index contributed by atoms with van der Waals surface area (Å²) >= 11 is 0. The summed E-state index contributed by atoms with van der Waals surface area (Å²) in [7, 11) is 0. The molecule has 2 nitrogen and oxygen atoms in total. The van der Waals surface area contributed by atoms with E-state index in [0.717, 1.165) is 17.5 Å². The van der Waals surface area contributed by atoms with Gasteiger partial charge in [-0.25, -0.2) is 0 Å². The van der Waals surface area contributed by atoms with Crippen molar-refractivity contribution < 1.29 is 0 Å². The third-order valence-electron chi connectivity index (χ3n) is 2.06. The van der Waals surface area contributed by atoms with Crippen LogP contribution in [0.5, 0.6) is 0 Å². The van der Waals surface area contributed by atoms with Crippen molar-refractivity contribution in [3.63, 3.8) is 0 Å². The van der Waals surface area contributed by atoms with Crippen LogP contribution < -0.4 is 0 Å². The van der Waals surface area contributed by atoms with Gasteiger partial charge in [0.15, 0.2) is 0 Å². The van der Waals surface area contributed by atoms with Gasteiger partial charge in [0.05, 0.1) is 11.0 Å². The number of nitrogens with zero attached hydrogens (tertiary/aromatic N) is 2. The first-order chi connectivity index (χ1) is 5.45. The Kier molecular flexibility index (Phi) is 0.756. The molecule has 0 saturated carbocycles. The van der Waals surface area contributed by atoms with Crippen molar-refractivity contribution in [1.29, 1.82) is 0 Å². The van der Waals surface area contributed by atoms with Gasteiger partial charge in [-0.15, -0.1) is 0 Å². The van der Waals surface area contributed by atoms with E-state index in [1.807, 2.05) is 24.5 Å². The van der Waals surface area contributed by atoms with Crippen LogP contribution in [-0.4, -0.2) is 9.97 Å². The Morgan fingerprint density at radius 2 is 2.27 bits per heavy atom. The molecule has 2 heterocycles. The molecule has 0 saturated heterocycles. The zero-order valence-corrected chi connectivity index (χ0v) is 5.91. The molecule has 2 aromatic rings. The summed E-state index contributed by atoms with van der Waals surface area (Å²) in [6.45, 7) is 0. The van der Waals surface area contributed by atoms with Crippen molar-refractivity contribution in [3.05, 3.63) is 35.7 Å². The van der Waals surface area contributed by atoms with Gasteiger partial charge in [0.2, 0.25) is 0 Å². The highest BCUT2D eigenvalue weighted by Crippen LogP contribution is 2.31. The fraction of sp³-hybridized carbons (Fsp3) is 0.111. The Morgan fingerprint density at radius 3 is 3.27 bits per heavy atom. The molecule has 1 aliphatic carbocycles. The Hall–Kier alpha value is -1.44. The molecule has 0 atom stereocenters. The van der Waals surface area contributed by atoms with Crippen LogP contribution in [0.25, 0.3) is 11.0 Å². The fourth-order valence-corrected chi connectivity index (χ4v) is 1.39. The topological polar surface area (TPSA) is 25.8 Å². The molecule has 2 aromatic heterocycles. The number of hydrogen-bond acceptors (Lipinski definition) is 2. The zero-order chi connectivity index (χ0) is 7.26. The standard InChI is InChI=1S/C9H6N2/c1-2-8-9(10-3-1)7-4-6(7)5-11-8/h1-3,5H,4H2. The van der Waals surface area contributed by atoms with Crippen LogP contribution in [0.15, 0.2) is 24.5 Å². The number of fused-ring (bicyclic) bond motifs is 3. The van der Waals surface area contributed by atoms with Gasteiger partial charge in [-0.1, -0.05) is 0 Å². The maximum Gasteiger partial charge on any atom is 0.0924 e. The molecule has 0 aromatic carbocycles. The molecule has 0 N–H and O–H groups in total. The third kappa shape index (κ3) is 0.611. The van der Waals surface area contributed by atoms with E-state index >= 15 is 0 Å². The monoisotopic (exact) mass is 142 g/mol. The summed E-state index contributed by atoms with van der Waals surface area (Å²) in [6, 6.07) is 3.92. The molecule has 0 bridgehead atoms. The van der Waals surface area contributed by atoms with Crippen molar-refractivity contribution in [3.8, 4) is 0 Å². The van der Waals surface area contributed by atoms with Crippen LogP contribution in [0.2, 0.25) is 0 Å². The average molecular weight is 142 g/mol. The van der Waals surface area contributed by atoms with Gasteiger partial charge in [0, 0.05) is 18.8 Å². The van der Waals surface area contributed by atoms with Crippen LogP contribution in [-0.2, 0) is 6.42 Å². The maximum absolute atomic E-state index is 4.27. The molecule has 3 rings (SSSR count). The summed E-state index contributed by atoms with van der Waals surface area (Å²) in [5.74, 6) is 0. The van der Waals surface area contributed by atoms with Crippen molar-refractivity contribution in [2.24, 2.45) is 0 Å². The van der Waals surface area contributed by atoms with Crippen LogP contribution in [0.1, 0.15) is 11.1 Å². The lowest BCUT2D eigenvalue weighted by Crippen LogP contribution is -1.78. The second-order valence-corrected chi connectivity index (χ2v) is 2.81. The van der Waals surface area contributed by atoms with E-state index in [0.29, 0.717) is 0 Å². The fourth-order valence-electron chi connectivity index (χ4n) is 1.39. The maximum atomic E-state index is 4.27. The van der Waals surface area contributed by atoms with Crippen LogP contribution in [0.4, 0.5) is 0 Å². The van der Waals surface area contributed by atoms with Gasteiger partial charge in [0.25, 0.3) is 0 Å². The van der Waals surface area contributed by atoms with E-state index in [1.165, 1.54) is 11.1 Å². The highest BCUT2D eigenvalue weighted by Gasteiger charge is 2.20. The minimum atomic E-state index is 1.02. The highest BCUT2D eigenvalue weighted by atomic mass is 14.8. The van der Waals surface area contributed by atoms with E-state index in [9.17, 15) is 0 Å². The lowest BCUT2D eigenvalue weighted by atomic mass is 10.3. The Bertz CT molecular complexity index is 435. The lowest BCUT2D eigenvalue weighted by molar-refractivity contribution is 1.35. The third-order valence-corrected chi connectivity index (χ3v) is 2.06. The van der Waals surface area contributed by atoms with E-state index in [2.05, 4.69) is 9.97 Å². The molecule has 11 heavy (non-hydrogen) atoms. The largest absolute Gasteiger partial charge is 0.254 e. The first-order valence-corrected chi connectivity index (χ1v) is 3.66. The summed E-state index contributed by atoms with van der Waals surface area (Å²) < 4.78 is 0. The number of pyridine rings is 2. The van der Waals surface area contributed by atoms with Gasteiger partial charge < -0.3 is 0 Å². The van der Waals surface area contributed by atoms with Crippen molar-refractivity contribution in [2.45, 2.75) is 6.42 Å². The summed E-state index contributed by atoms with van der Waals surface area (Å²) in [4.78, 5) is 8.54. The second kappa shape index (κ2) is 1.59. The minimum Gasteiger partial charge on any atom is -0.254 e. The van der Waals surface area contributed by atoms with Crippen molar-refractivity contribution in [2.75, 3.05) is 0 Å². The molecule has 0 aliphatic heterocycles. The lowest BCUT2D eigenvalue weighted by Gasteiger charge is -1.90. The van der Waals surface area contributed by atoms with Gasteiger partial charge in [-0.3, -0.25) is 9.97 Å². The summed E-state index contributed by atoms with van der Waals surface area (Å²) in [5, 5.41) is 0. The first-order valence-electron chi connectivity index (χ1n) is 3.66. The van der Waals surface area contributed by atoms with Crippen molar-refractivity contribution >= 4 is 11.0 Å². The van der Waals surface area contributed by atoms with E-state index in [1.54, 1.807) is 0 Å². The molecule has 0 fully saturated rings. The smallest absolute Gasteiger partial charge is 0.0924 e. The van der Waals surface area contributed by atoms with Gasteiger partial charge in [-0.2, -0.15) is 0 Å². The number of hydrogen-bond donors (Lipinski definition) is 0. The van der Waals surface area contributed by atoms with E-state index in [4.69, 9.17) is 0 Å². The number of rotatable bonds is 0. The average Bonchev–Trinajstić information content (AvgIpc) is 2.83. The molecule has 0 spiro atoms. The summed E-state index contributed by atoms with van der Waals surface area (Å²) in [5.41, 5.74) is 4.85. The van der Waals surface area contributed by atoms with Gasteiger partial charge >= 0.3 is 0 Å². The molecule has 1 aliphatic rings. The quantitative estimate of drug-likeness (QED) is 0.475. The van der Waals surface area contributed by atoms with Crippen LogP contribution in [0, 0.1) is 0 Å². The van der Waals surface area contributed by atoms with Gasteiger partial charge in [-0.05, 0) is 23.3 Å². The predicted octanol–water partition coefficient (Wildman–Crippen LogP) is 1.53. The minimum absolute atomic E-state index is 1.02. The van der Waals surface area contributed by atoms with Crippen molar-refractivity contribution in [1.82, 2.24) is 9.97 Å².